The molecule has 0 unspecified atom stereocenters. The number of nitrogens with one attached hydrogen (secondary N) is 1. The summed E-state index contributed by atoms with van der Waals surface area (Å²) in [5, 5.41) is 4.66. The Morgan fingerprint density at radius 3 is 2.24 bits per heavy atom. The standard InChI is InChI=1S/C30H31Cl3N2O2/c31-24-11-7-10-23(16-24)20-35(29(36)19-22-14-15-26(32)27(33)17-22)28(18-21-8-3-1-4-9-21)30(37)34-25-12-5-2-6-13-25/h1,3-4,7-11,14-17,25,28H,2,5-6,12-13,18-20H2,(H,34,37)/t28-/m0/s1. The predicted molar refractivity (Wildman–Crippen MR) is 151 cm³/mol. The number of halogens is 3. The maximum absolute atomic E-state index is 13.9. The third-order valence-electron chi connectivity index (χ3n) is 6.80. The van der Waals surface area contributed by atoms with Gasteiger partial charge in [0.15, 0.2) is 0 Å². The van der Waals surface area contributed by atoms with E-state index in [2.05, 4.69) is 5.32 Å². The van der Waals surface area contributed by atoms with Crippen LogP contribution in [0, 0.1) is 0 Å². The number of carbonyl (C=O) groups is 2. The summed E-state index contributed by atoms with van der Waals surface area (Å²) in [4.78, 5) is 29.3. The van der Waals surface area contributed by atoms with Crippen molar-refractivity contribution in [1.29, 1.82) is 0 Å². The second-order valence-electron chi connectivity index (χ2n) is 9.63. The lowest BCUT2D eigenvalue weighted by Gasteiger charge is -2.33. The maximum Gasteiger partial charge on any atom is 0.243 e. The van der Waals surface area contributed by atoms with Gasteiger partial charge in [0, 0.05) is 24.0 Å². The zero-order chi connectivity index (χ0) is 26.2. The zero-order valence-corrected chi connectivity index (χ0v) is 22.9. The van der Waals surface area contributed by atoms with Crippen LogP contribution in [-0.4, -0.2) is 28.8 Å². The Bertz CT molecular complexity index is 1210. The van der Waals surface area contributed by atoms with Crippen molar-refractivity contribution in [3.8, 4) is 0 Å². The van der Waals surface area contributed by atoms with E-state index in [1.54, 1.807) is 29.2 Å². The minimum Gasteiger partial charge on any atom is -0.352 e. The Kier molecular flexibility index (Phi) is 9.90. The Balaban J connectivity index is 1.66. The fourth-order valence-corrected chi connectivity index (χ4v) is 5.39. The summed E-state index contributed by atoms with van der Waals surface area (Å²) in [6.07, 6.45) is 5.85. The topological polar surface area (TPSA) is 49.4 Å². The monoisotopic (exact) mass is 556 g/mol. The highest BCUT2D eigenvalue weighted by Crippen LogP contribution is 2.25. The number of hydrogen-bond donors (Lipinski definition) is 1. The Morgan fingerprint density at radius 1 is 0.811 bits per heavy atom. The molecular formula is C30H31Cl3N2O2. The van der Waals surface area contributed by atoms with Crippen molar-refractivity contribution in [3.05, 3.63) is 105 Å². The Morgan fingerprint density at radius 2 is 1.54 bits per heavy atom. The number of amides is 2. The summed E-state index contributed by atoms with van der Waals surface area (Å²) >= 11 is 18.6. The molecule has 0 aliphatic heterocycles. The van der Waals surface area contributed by atoms with Crippen LogP contribution in [0.25, 0.3) is 0 Å². The van der Waals surface area contributed by atoms with Gasteiger partial charge < -0.3 is 10.2 Å². The number of rotatable bonds is 9. The Labute approximate surface area is 233 Å². The van der Waals surface area contributed by atoms with Crippen LogP contribution in [0.15, 0.2) is 72.8 Å². The molecule has 1 fully saturated rings. The molecule has 1 aliphatic carbocycles. The third-order valence-corrected chi connectivity index (χ3v) is 7.78. The van der Waals surface area contributed by atoms with E-state index in [1.807, 2.05) is 48.5 Å². The van der Waals surface area contributed by atoms with Gasteiger partial charge >= 0.3 is 0 Å². The molecule has 3 aromatic carbocycles. The summed E-state index contributed by atoms with van der Waals surface area (Å²) in [5.41, 5.74) is 2.59. The van der Waals surface area contributed by atoms with E-state index < -0.39 is 6.04 Å². The SMILES string of the molecule is O=C(NC1CCCCC1)[C@H](Cc1ccccc1)N(Cc1cccc(Cl)c1)C(=O)Cc1ccc(Cl)c(Cl)c1. The van der Waals surface area contributed by atoms with E-state index >= 15 is 0 Å². The van der Waals surface area contributed by atoms with Crippen LogP contribution in [0.4, 0.5) is 0 Å². The lowest BCUT2D eigenvalue weighted by molar-refractivity contribution is -0.141. The van der Waals surface area contributed by atoms with Crippen molar-refractivity contribution >= 4 is 46.6 Å². The van der Waals surface area contributed by atoms with Crippen LogP contribution < -0.4 is 5.32 Å². The van der Waals surface area contributed by atoms with Crippen molar-refractivity contribution < 1.29 is 9.59 Å². The molecule has 1 aliphatic rings. The summed E-state index contributed by atoms with van der Waals surface area (Å²) < 4.78 is 0. The van der Waals surface area contributed by atoms with Gasteiger partial charge in [-0.15, -0.1) is 0 Å². The summed E-state index contributed by atoms with van der Waals surface area (Å²) in [7, 11) is 0. The molecule has 194 valence electrons. The van der Waals surface area contributed by atoms with Gasteiger partial charge in [0.1, 0.15) is 6.04 Å². The van der Waals surface area contributed by atoms with E-state index in [0.29, 0.717) is 21.5 Å². The minimum absolute atomic E-state index is 0.0967. The van der Waals surface area contributed by atoms with Crippen LogP contribution in [0.5, 0.6) is 0 Å². The maximum atomic E-state index is 13.9. The van der Waals surface area contributed by atoms with Crippen molar-refractivity contribution in [2.75, 3.05) is 0 Å². The highest BCUT2D eigenvalue weighted by atomic mass is 35.5. The van der Waals surface area contributed by atoms with Crippen LogP contribution in [0.2, 0.25) is 15.1 Å². The van der Waals surface area contributed by atoms with Crippen molar-refractivity contribution in [2.45, 2.75) is 63.6 Å². The third kappa shape index (κ3) is 7.98. The van der Waals surface area contributed by atoms with Crippen LogP contribution in [-0.2, 0) is 29.0 Å². The van der Waals surface area contributed by atoms with E-state index in [0.717, 1.165) is 42.4 Å². The lowest BCUT2D eigenvalue weighted by Crippen LogP contribution is -2.53. The zero-order valence-electron chi connectivity index (χ0n) is 20.6. The van der Waals surface area contributed by atoms with Gasteiger partial charge in [-0.1, -0.05) is 103 Å². The Hall–Kier alpha value is -2.53. The first kappa shape index (κ1) is 27.5. The average molecular weight is 558 g/mol. The molecule has 4 nitrogen and oxygen atoms in total. The molecule has 1 N–H and O–H groups in total. The molecule has 0 aromatic heterocycles. The molecule has 37 heavy (non-hydrogen) atoms. The number of benzene rings is 3. The van der Waals surface area contributed by atoms with Gasteiger partial charge in [-0.3, -0.25) is 9.59 Å². The first-order valence-corrected chi connectivity index (χ1v) is 13.8. The van der Waals surface area contributed by atoms with Gasteiger partial charge in [0.2, 0.25) is 11.8 Å². The molecule has 0 spiro atoms. The van der Waals surface area contributed by atoms with Gasteiger partial charge in [-0.05, 0) is 53.8 Å². The molecule has 7 heteroatoms. The van der Waals surface area contributed by atoms with Crippen LogP contribution in [0.1, 0.15) is 48.8 Å². The molecule has 3 aromatic rings. The first-order chi connectivity index (χ1) is 17.9. The second kappa shape index (κ2) is 13.3. The van der Waals surface area contributed by atoms with Gasteiger partial charge in [0.25, 0.3) is 0 Å². The summed E-state index contributed by atoms with van der Waals surface area (Å²) in [6.45, 7) is 0.260. The fourth-order valence-electron chi connectivity index (χ4n) is 4.86. The highest BCUT2D eigenvalue weighted by Gasteiger charge is 2.32. The smallest absolute Gasteiger partial charge is 0.243 e. The van der Waals surface area contributed by atoms with Gasteiger partial charge in [-0.2, -0.15) is 0 Å². The first-order valence-electron chi connectivity index (χ1n) is 12.7. The molecular weight excluding hydrogens is 527 g/mol. The van der Waals surface area contributed by atoms with Crippen LogP contribution >= 0.6 is 34.8 Å². The lowest BCUT2D eigenvalue weighted by atomic mass is 9.94. The molecule has 0 bridgehead atoms. The fraction of sp³-hybridized carbons (Fsp3) is 0.333. The number of hydrogen-bond acceptors (Lipinski definition) is 2. The second-order valence-corrected chi connectivity index (χ2v) is 10.9. The number of nitrogens with zero attached hydrogens (tertiary/aromatic N) is 1. The highest BCUT2D eigenvalue weighted by molar-refractivity contribution is 6.42. The van der Waals surface area contributed by atoms with E-state index in [4.69, 9.17) is 34.8 Å². The minimum atomic E-state index is -0.682. The molecule has 1 saturated carbocycles. The van der Waals surface area contributed by atoms with E-state index in [-0.39, 0.29) is 30.8 Å². The van der Waals surface area contributed by atoms with Crippen LogP contribution in [0.3, 0.4) is 0 Å². The molecule has 0 saturated heterocycles. The van der Waals surface area contributed by atoms with Crippen molar-refractivity contribution in [3.63, 3.8) is 0 Å². The molecule has 1 atom stereocenters. The van der Waals surface area contributed by atoms with E-state index in [1.165, 1.54) is 6.42 Å². The quantitative estimate of drug-likeness (QED) is 0.301. The van der Waals surface area contributed by atoms with Crippen molar-refractivity contribution in [1.82, 2.24) is 10.2 Å². The van der Waals surface area contributed by atoms with Gasteiger partial charge in [-0.25, -0.2) is 0 Å². The summed E-state index contributed by atoms with van der Waals surface area (Å²) in [5.74, 6) is -0.293. The largest absolute Gasteiger partial charge is 0.352 e. The number of carbonyl (C=O) groups excluding carboxylic acids is 2. The summed E-state index contributed by atoms with van der Waals surface area (Å²) in [6, 6.07) is 21.9. The average Bonchev–Trinajstić information content (AvgIpc) is 2.89. The van der Waals surface area contributed by atoms with E-state index in [9.17, 15) is 9.59 Å². The van der Waals surface area contributed by atoms with Gasteiger partial charge in [0.05, 0.1) is 16.5 Å². The van der Waals surface area contributed by atoms with Crippen molar-refractivity contribution in [2.24, 2.45) is 0 Å². The molecule has 0 radical (unpaired) electrons. The molecule has 2 amide bonds. The molecule has 4 rings (SSSR count). The molecule has 0 heterocycles. The normalized spacial score (nSPS) is 14.7. The predicted octanol–water partition coefficient (Wildman–Crippen LogP) is 7.28.